The Bertz CT molecular complexity index is 766. The molecule has 3 heterocycles. The molecule has 2 fully saturated rings. The molecule has 1 aliphatic carbocycles. The molecule has 2 aromatic heterocycles. The van der Waals surface area contributed by atoms with Crippen LogP contribution in [-0.4, -0.2) is 58.2 Å². The molecule has 0 atom stereocenters. The van der Waals surface area contributed by atoms with Crippen molar-refractivity contribution in [3.63, 3.8) is 0 Å². The summed E-state index contributed by atoms with van der Waals surface area (Å²) in [5.41, 5.74) is 3.17. The van der Waals surface area contributed by atoms with Gasteiger partial charge in [0.05, 0.1) is 18.6 Å². The van der Waals surface area contributed by atoms with Crippen LogP contribution >= 0.6 is 0 Å². The third-order valence-electron chi connectivity index (χ3n) is 5.98. The topological polar surface area (TPSA) is 63.2 Å². The monoisotopic (exact) mass is 355 g/mol. The van der Waals surface area contributed by atoms with Crippen LogP contribution in [0.15, 0.2) is 12.4 Å². The minimum absolute atomic E-state index is 0.214. The fraction of sp³-hybridized carbons (Fsp3) is 0.650. The Morgan fingerprint density at radius 1 is 1.12 bits per heavy atom. The van der Waals surface area contributed by atoms with Gasteiger partial charge in [-0.3, -0.25) is 4.90 Å². The lowest BCUT2D eigenvalue weighted by Gasteiger charge is -2.48. The maximum absolute atomic E-state index is 5.59. The van der Waals surface area contributed by atoms with Crippen molar-refractivity contribution in [3.05, 3.63) is 23.7 Å². The summed E-state index contributed by atoms with van der Waals surface area (Å²) >= 11 is 0. The number of nitrogens with zero attached hydrogens (tertiary/aromatic N) is 4. The van der Waals surface area contributed by atoms with E-state index in [2.05, 4.69) is 38.2 Å². The number of morpholine rings is 1. The van der Waals surface area contributed by atoms with E-state index in [1.165, 1.54) is 37.7 Å². The average Bonchev–Trinajstić information content (AvgIpc) is 2.67. The van der Waals surface area contributed by atoms with Crippen molar-refractivity contribution >= 4 is 16.9 Å². The van der Waals surface area contributed by atoms with Gasteiger partial charge in [-0.1, -0.05) is 19.3 Å². The smallest absolute Gasteiger partial charge is 0.165 e. The van der Waals surface area contributed by atoms with Gasteiger partial charge in [0.15, 0.2) is 5.65 Å². The molecule has 1 N–H and O–H groups in total. The van der Waals surface area contributed by atoms with E-state index in [0.717, 1.165) is 55.4 Å². The first kappa shape index (κ1) is 17.6. The van der Waals surface area contributed by atoms with Gasteiger partial charge in [0, 0.05) is 30.9 Å². The molecule has 140 valence electrons. The summed E-state index contributed by atoms with van der Waals surface area (Å²) in [6.45, 7) is 8.81. The van der Waals surface area contributed by atoms with Crippen molar-refractivity contribution in [2.24, 2.45) is 0 Å². The highest BCUT2D eigenvalue weighted by Crippen LogP contribution is 2.35. The Morgan fingerprint density at radius 3 is 2.65 bits per heavy atom. The van der Waals surface area contributed by atoms with Gasteiger partial charge in [-0.2, -0.15) is 0 Å². The first-order valence-corrected chi connectivity index (χ1v) is 9.84. The van der Waals surface area contributed by atoms with Crippen LogP contribution in [0.25, 0.3) is 11.0 Å². The maximum atomic E-state index is 5.59. The summed E-state index contributed by atoms with van der Waals surface area (Å²) in [6, 6.07) is 2.11. The molecule has 0 radical (unpaired) electrons. The minimum Gasteiger partial charge on any atom is -0.379 e. The average molecular weight is 355 g/mol. The zero-order chi connectivity index (χ0) is 18.0. The van der Waals surface area contributed by atoms with Crippen LogP contribution < -0.4 is 5.32 Å². The third kappa shape index (κ3) is 3.40. The van der Waals surface area contributed by atoms with Crippen LogP contribution in [0.4, 0.5) is 5.82 Å². The van der Waals surface area contributed by atoms with E-state index < -0.39 is 0 Å². The van der Waals surface area contributed by atoms with Gasteiger partial charge in [-0.15, -0.1) is 0 Å². The second-order valence-corrected chi connectivity index (χ2v) is 7.74. The van der Waals surface area contributed by atoms with Gasteiger partial charge >= 0.3 is 0 Å². The number of fused-ring (bicyclic) bond motifs is 1. The van der Waals surface area contributed by atoms with Gasteiger partial charge in [-0.25, -0.2) is 15.0 Å². The van der Waals surface area contributed by atoms with Gasteiger partial charge in [0.1, 0.15) is 12.1 Å². The number of anilines is 1. The fourth-order valence-electron chi connectivity index (χ4n) is 4.64. The molecule has 0 bridgehead atoms. The van der Waals surface area contributed by atoms with E-state index in [9.17, 15) is 0 Å². The van der Waals surface area contributed by atoms with E-state index in [4.69, 9.17) is 4.74 Å². The third-order valence-corrected chi connectivity index (χ3v) is 5.98. The summed E-state index contributed by atoms with van der Waals surface area (Å²) in [5.74, 6) is 0.915. The number of pyridine rings is 1. The molecule has 2 aromatic rings. The molecule has 0 aromatic carbocycles. The Labute approximate surface area is 155 Å². The second kappa shape index (κ2) is 7.45. The molecule has 26 heavy (non-hydrogen) atoms. The number of nitrogens with one attached hydrogen (secondary N) is 1. The van der Waals surface area contributed by atoms with E-state index in [1.807, 2.05) is 6.92 Å². The van der Waals surface area contributed by atoms with E-state index >= 15 is 0 Å². The zero-order valence-electron chi connectivity index (χ0n) is 15.9. The van der Waals surface area contributed by atoms with Crippen LogP contribution in [-0.2, 0) is 4.74 Å². The Morgan fingerprint density at radius 2 is 1.88 bits per heavy atom. The van der Waals surface area contributed by atoms with Crippen molar-refractivity contribution in [1.29, 1.82) is 0 Å². The van der Waals surface area contributed by atoms with E-state index in [0.29, 0.717) is 0 Å². The van der Waals surface area contributed by atoms with E-state index in [1.54, 1.807) is 6.33 Å². The van der Waals surface area contributed by atoms with E-state index in [-0.39, 0.29) is 5.54 Å². The Balaban J connectivity index is 1.61. The lowest BCUT2D eigenvalue weighted by molar-refractivity contribution is -0.0318. The minimum atomic E-state index is 0.214. The standard InChI is InChI=1S/C20H29N5O/c1-15-12-16(2)24-19-17(15)18(22-14-23-19)21-13-20(6-4-3-5-7-20)25-8-10-26-11-9-25/h12,14H,3-11,13H2,1-2H3,(H,21,22,23,24). The molecule has 2 aliphatic rings. The van der Waals surface area contributed by atoms with Crippen molar-refractivity contribution in [2.75, 3.05) is 38.2 Å². The number of rotatable bonds is 4. The highest BCUT2D eigenvalue weighted by atomic mass is 16.5. The molecule has 6 heteroatoms. The number of hydrogen-bond donors (Lipinski definition) is 1. The molecule has 6 nitrogen and oxygen atoms in total. The molecule has 1 saturated carbocycles. The number of hydrogen-bond acceptors (Lipinski definition) is 6. The van der Waals surface area contributed by atoms with Crippen molar-refractivity contribution in [3.8, 4) is 0 Å². The molecule has 0 spiro atoms. The van der Waals surface area contributed by atoms with Gasteiger partial charge in [0.2, 0.25) is 0 Å². The largest absolute Gasteiger partial charge is 0.379 e. The number of aromatic nitrogens is 3. The van der Waals surface area contributed by atoms with Crippen LogP contribution in [0.5, 0.6) is 0 Å². The highest BCUT2D eigenvalue weighted by Gasteiger charge is 2.38. The molecule has 1 aliphatic heterocycles. The summed E-state index contributed by atoms with van der Waals surface area (Å²) in [4.78, 5) is 16.2. The summed E-state index contributed by atoms with van der Waals surface area (Å²) in [7, 11) is 0. The first-order valence-electron chi connectivity index (χ1n) is 9.84. The van der Waals surface area contributed by atoms with Crippen LogP contribution in [0.1, 0.15) is 43.4 Å². The van der Waals surface area contributed by atoms with Crippen molar-refractivity contribution in [2.45, 2.75) is 51.5 Å². The zero-order valence-corrected chi connectivity index (χ0v) is 15.9. The maximum Gasteiger partial charge on any atom is 0.165 e. The summed E-state index contributed by atoms with van der Waals surface area (Å²) < 4.78 is 5.59. The predicted molar refractivity (Wildman–Crippen MR) is 104 cm³/mol. The molecule has 0 amide bonds. The van der Waals surface area contributed by atoms with Crippen LogP contribution in [0.3, 0.4) is 0 Å². The second-order valence-electron chi connectivity index (χ2n) is 7.74. The first-order chi connectivity index (χ1) is 12.7. The SMILES string of the molecule is Cc1cc(C)c2c(NCC3(N4CCOCC4)CCCCC3)ncnc2n1. The quantitative estimate of drug-likeness (QED) is 0.909. The highest BCUT2D eigenvalue weighted by molar-refractivity contribution is 5.89. The summed E-state index contributed by atoms with van der Waals surface area (Å²) in [6.07, 6.45) is 8.09. The van der Waals surface area contributed by atoms with Gasteiger partial charge in [-0.05, 0) is 38.3 Å². The Kier molecular flexibility index (Phi) is 5.05. The number of aryl methyl sites for hydroxylation is 2. The van der Waals surface area contributed by atoms with Crippen molar-refractivity contribution in [1.82, 2.24) is 19.9 Å². The molecular weight excluding hydrogens is 326 g/mol. The molecule has 4 rings (SSSR count). The lowest BCUT2D eigenvalue weighted by Crippen LogP contribution is -2.58. The lowest BCUT2D eigenvalue weighted by atomic mass is 9.79. The van der Waals surface area contributed by atoms with Gasteiger partial charge in [0.25, 0.3) is 0 Å². The molecule has 1 saturated heterocycles. The molecule has 0 unspecified atom stereocenters. The normalized spacial score (nSPS) is 21.0. The fourth-order valence-corrected chi connectivity index (χ4v) is 4.64. The number of ether oxygens (including phenoxy) is 1. The van der Waals surface area contributed by atoms with Crippen LogP contribution in [0, 0.1) is 13.8 Å². The summed E-state index contributed by atoms with van der Waals surface area (Å²) in [5, 5.41) is 4.73. The Hall–Kier alpha value is -1.79. The van der Waals surface area contributed by atoms with Crippen LogP contribution in [0.2, 0.25) is 0 Å². The van der Waals surface area contributed by atoms with Crippen molar-refractivity contribution < 1.29 is 4.74 Å². The van der Waals surface area contributed by atoms with Gasteiger partial charge < -0.3 is 10.1 Å². The molecular formula is C20H29N5O. The predicted octanol–water partition coefficient (Wildman–Crippen LogP) is 3.09.